The number of ether oxygens (including phenoxy) is 2. The van der Waals surface area contributed by atoms with Gasteiger partial charge in [-0.2, -0.15) is 0 Å². The van der Waals surface area contributed by atoms with Gasteiger partial charge in [0.2, 0.25) is 0 Å². The van der Waals surface area contributed by atoms with Crippen LogP contribution in [-0.2, 0) is 17.8 Å². The molecule has 22 heavy (non-hydrogen) atoms. The summed E-state index contributed by atoms with van der Waals surface area (Å²) in [6.07, 6.45) is 0.900. The van der Waals surface area contributed by atoms with E-state index in [1.807, 2.05) is 19.2 Å². The maximum absolute atomic E-state index is 6.40. The normalized spacial score (nSPS) is 20.5. The van der Waals surface area contributed by atoms with Crippen LogP contribution < -0.4 is 10.1 Å². The minimum Gasteiger partial charge on any atom is -0.483 e. The molecule has 0 amide bonds. The van der Waals surface area contributed by atoms with E-state index in [1.165, 1.54) is 16.7 Å². The fourth-order valence-electron chi connectivity index (χ4n) is 2.98. The molecule has 1 heterocycles. The molecular weight excluding hydrogens is 274 g/mol. The number of hydrogen-bond acceptors (Lipinski definition) is 3. The fraction of sp³-hybridized carbons (Fsp3) is 0.368. The fourth-order valence-corrected chi connectivity index (χ4v) is 2.98. The summed E-state index contributed by atoms with van der Waals surface area (Å²) < 4.78 is 12.4. The van der Waals surface area contributed by atoms with Gasteiger partial charge in [-0.25, -0.2) is 0 Å². The van der Waals surface area contributed by atoms with E-state index in [4.69, 9.17) is 9.47 Å². The summed E-state index contributed by atoms with van der Waals surface area (Å²) in [4.78, 5) is 0. The van der Waals surface area contributed by atoms with Crippen LogP contribution in [-0.4, -0.2) is 19.7 Å². The largest absolute Gasteiger partial charge is 0.483 e. The summed E-state index contributed by atoms with van der Waals surface area (Å²) >= 11 is 0. The van der Waals surface area contributed by atoms with Gasteiger partial charge in [-0.05, 0) is 30.7 Å². The molecule has 3 rings (SSSR count). The average Bonchev–Trinajstić information content (AvgIpc) is 2.57. The van der Waals surface area contributed by atoms with E-state index < -0.39 is 0 Å². The molecule has 0 fully saturated rings. The Labute approximate surface area is 132 Å². The number of para-hydroxylation sites is 1. The van der Waals surface area contributed by atoms with Crippen molar-refractivity contribution in [1.29, 1.82) is 0 Å². The minimum absolute atomic E-state index is 0.0183. The number of benzene rings is 2. The van der Waals surface area contributed by atoms with E-state index in [2.05, 4.69) is 48.6 Å². The number of aryl methyl sites for hydroxylation is 1. The van der Waals surface area contributed by atoms with Crippen molar-refractivity contribution in [2.75, 3.05) is 13.6 Å². The molecule has 1 N–H and O–H groups in total. The van der Waals surface area contributed by atoms with Crippen molar-refractivity contribution >= 4 is 0 Å². The Bertz CT molecular complexity index is 626. The third kappa shape index (κ3) is 3.01. The van der Waals surface area contributed by atoms with Gasteiger partial charge in [0.15, 0.2) is 6.10 Å². The first-order valence-electron chi connectivity index (χ1n) is 7.92. The van der Waals surface area contributed by atoms with Crippen LogP contribution >= 0.6 is 0 Å². The Morgan fingerprint density at radius 2 is 1.91 bits per heavy atom. The van der Waals surface area contributed by atoms with Gasteiger partial charge in [-0.15, -0.1) is 0 Å². The predicted octanol–water partition coefficient (Wildman–Crippen LogP) is 3.49. The summed E-state index contributed by atoms with van der Waals surface area (Å²) in [6, 6.07) is 16.6. The molecule has 0 aromatic heterocycles. The molecule has 1 aliphatic rings. The standard InChI is InChI=1S/C19H23NO2/c1-3-14-8-5-7-11-17(14)22-19-16-10-6-4-9-15(16)13-21-18(19)12-20-2/h4-11,18-20H,3,12-13H2,1-2H3/t18-,19-/m0/s1. The average molecular weight is 297 g/mol. The molecule has 2 aromatic carbocycles. The third-order valence-electron chi connectivity index (χ3n) is 4.16. The first-order valence-corrected chi connectivity index (χ1v) is 7.92. The quantitative estimate of drug-likeness (QED) is 0.916. The zero-order valence-corrected chi connectivity index (χ0v) is 13.2. The second kappa shape index (κ2) is 6.95. The highest BCUT2D eigenvalue weighted by Gasteiger charge is 2.32. The minimum atomic E-state index is -0.0786. The van der Waals surface area contributed by atoms with Crippen molar-refractivity contribution in [1.82, 2.24) is 5.32 Å². The molecule has 0 radical (unpaired) electrons. The topological polar surface area (TPSA) is 30.5 Å². The van der Waals surface area contributed by atoms with Crippen molar-refractivity contribution in [3.8, 4) is 5.75 Å². The van der Waals surface area contributed by atoms with Gasteiger partial charge in [-0.1, -0.05) is 49.4 Å². The number of fused-ring (bicyclic) bond motifs is 1. The molecule has 0 saturated carbocycles. The Balaban J connectivity index is 1.94. The van der Waals surface area contributed by atoms with E-state index in [1.54, 1.807) is 0 Å². The lowest BCUT2D eigenvalue weighted by molar-refractivity contribution is -0.0499. The highest BCUT2D eigenvalue weighted by molar-refractivity contribution is 5.36. The van der Waals surface area contributed by atoms with Crippen LogP contribution in [0.3, 0.4) is 0 Å². The number of likely N-dealkylation sites (N-methyl/N-ethyl adjacent to an activating group) is 1. The van der Waals surface area contributed by atoms with Gasteiger partial charge in [-0.3, -0.25) is 0 Å². The molecule has 0 unspecified atom stereocenters. The van der Waals surface area contributed by atoms with Crippen LogP contribution in [0.4, 0.5) is 0 Å². The van der Waals surface area contributed by atoms with Crippen molar-refractivity contribution in [3.63, 3.8) is 0 Å². The van der Waals surface area contributed by atoms with Crippen molar-refractivity contribution in [3.05, 3.63) is 65.2 Å². The van der Waals surface area contributed by atoms with Crippen LogP contribution in [0.5, 0.6) is 5.75 Å². The Hall–Kier alpha value is -1.84. The third-order valence-corrected chi connectivity index (χ3v) is 4.16. The lowest BCUT2D eigenvalue weighted by Gasteiger charge is -2.34. The molecule has 0 bridgehead atoms. The predicted molar refractivity (Wildman–Crippen MR) is 88.1 cm³/mol. The van der Waals surface area contributed by atoms with Crippen LogP contribution in [0.15, 0.2) is 48.5 Å². The first-order chi connectivity index (χ1) is 10.8. The van der Waals surface area contributed by atoms with Crippen molar-refractivity contribution < 1.29 is 9.47 Å². The molecular formula is C19H23NO2. The van der Waals surface area contributed by atoms with Crippen molar-refractivity contribution in [2.45, 2.75) is 32.2 Å². The van der Waals surface area contributed by atoms with Gasteiger partial charge in [0.05, 0.1) is 6.61 Å². The summed E-state index contributed by atoms with van der Waals surface area (Å²) in [5, 5.41) is 3.21. The molecule has 0 aliphatic carbocycles. The van der Waals surface area contributed by atoms with E-state index in [-0.39, 0.29) is 12.2 Å². The Kier molecular flexibility index (Phi) is 4.76. The number of hydrogen-bond donors (Lipinski definition) is 1. The second-order valence-electron chi connectivity index (χ2n) is 5.61. The second-order valence-corrected chi connectivity index (χ2v) is 5.61. The molecule has 2 aromatic rings. The number of nitrogens with one attached hydrogen (secondary N) is 1. The SMILES string of the molecule is CCc1ccccc1O[C@H]1c2ccccc2CO[C@H]1CNC. The Morgan fingerprint density at radius 3 is 2.73 bits per heavy atom. The van der Waals surface area contributed by atoms with Crippen LogP contribution in [0.25, 0.3) is 0 Å². The van der Waals surface area contributed by atoms with E-state index in [0.29, 0.717) is 6.61 Å². The maximum Gasteiger partial charge on any atom is 0.151 e. The molecule has 3 heteroatoms. The molecule has 116 valence electrons. The first kappa shape index (κ1) is 15.1. The van der Waals surface area contributed by atoms with Crippen molar-refractivity contribution in [2.24, 2.45) is 0 Å². The number of rotatable bonds is 5. The Morgan fingerprint density at radius 1 is 1.14 bits per heavy atom. The monoisotopic (exact) mass is 297 g/mol. The molecule has 3 nitrogen and oxygen atoms in total. The maximum atomic E-state index is 6.40. The molecule has 1 aliphatic heterocycles. The van der Waals surface area contributed by atoms with E-state index in [0.717, 1.165) is 18.7 Å². The van der Waals surface area contributed by atoms with Crippen LogP contribution in [0.2, 0.25) is 0 Å². The van der Waals surface area contributed by atoms with Gasteiger partial charge in [0.25, 0.3) is 0 Å². The highest BCUT2D eigenvalue weighted by Crippen LogP contribution is 2.34. The van der Waals surface area contributed by atoms with Gasteiger partial charge in [0.1, 0.15) is 11.9 Å². The van der Waals surface area contributed by atoms with Gasteiger partial charge < -0.3 is 14.8 Å². The summed E-state index contributed by atoms with van der Waals surface area (Å²) in [5.74, 6) is 0.955. The summed E-state index contributed by atoms with van der Waals surface area (Å²) in [7, 11) is 1.95. The highest BCUT2D eigenvalue weighted by atomic mass is 16.5. The molecule has 0 spiro atoms. The summed E-state index contributed by atoms with van der Waals surface area (Å²) in [5.41, 5.74) is 3.68. The van der Waals surface area contributed by atoms with Gasteiger partial charge in [0, 0.05) is 12.1 Å². The van der Waals surface area contributed by atoms with E-state index in [9.17, 15) is 0 Å². The van der Waals surface area contributed by atoms with E-state index >= 15 is 0 Å². The molecule has 0 saturated heterocycles. The smallest absolute Gasteiger partial charge is 0.151 e. The van der Waals surface area contributed by atoms with Crippen LogP contribution in [0, 0.1) is 0 Å². The lowest BCUT2D eigenvalue weighted by Crippen LogP contribution is -2.38. The zero-order valence-electron chi connectivity index (χ0n) is 13.2. The lowest BCUT2D eigenvalue weighted by atomic mass is 9.95. The zero-order chi connectivity index (χ0) is 15.4. The van der Waals surface area contributed by atoms with Gasteiger partial charge >= 0.3 is 0 Å². The summed E-state index contributed by atoms with van der Waals surface area (Å²) in [6.45, 7) is 3.57. The van der Waals surface area contributed by atoms with Crippen LogP contribution in [0.1, 0.15) is 29.7 Å². The molecule has 2 atom stereocenters.